The first kappa shape index (κ1) is 11.2. The maximum Gasteiger partial charge on any atom is 0.167 e. The highest BCUT2D eigenvalue weighted by atomic mass is 16.5. The van der Waals surface area contributed by atoms with Gasteiger partial charge in [0, 0.05) is 5.39 Å². The molecule has 0 spiro atoms. The number of aromatic nitrogens is 1. The van der Waals surface area contributed by atoms with Gasteiger partial charge in [-0.25, -0.2) is 0 Å². The van der Waals surface area contributed by atoms with Gasteiger partial charge in [-0.2, -0.15) is 0 Å². The second-order valence-electron chi connectivity index (χ2n) is 5.71. The van der Waals surface area contributed by atoms with Crippen LogP contribution in [0.5, 0.6) is 0 Å². The lowest BCUT2D eigenvalue weighted by molar-refractivity contribution is 0.456. The highest BCUT2D eigenvalue weighted by molar-refractivity contribution is 5.78. The maximum atomic E-state index is 5.23. The van der Waals surface area contributed by atoms with Crippen LogP contribution in [0.4, 0.5) is 0 Å². The molecule has 0 N–H and O–H groups in total. The average Bonchev–Trinajstić information content (AvgIpc) is 2.60. The molecule has 0 saturated carbocycles. The van der Waals surface area contributed by atoms with Crippen molar-refractivity contribution < 1.29 is 4.52 Å². The summed E-state index contributed by atoms with van der Waals surface area (Å²) in [6, 6.07) is 4.34. The highest BCUT2D eigenvalue weighted by Gasteiger charge is 2.21. The van der Waals surface area contributed by atoms with Crippen LogP contribution in [-0.2, 0) is 5.41 Å². The Morgan fingerprint density at radius 2 is 1.88 bits per heavy atom. The van der Waals surface area contributed by atoms with E-state index in [1.54, 1.807) is 6.20 Å². The second kappa shape index (κ2) is 3.62. The third-order valence-corrected chi connectivity index (χ3v) is 2.95. The largest absolute Gasteiger partial charge is 0.356 e. The fraction of sp³-hybridized carbons (Fsp3) is 0.500. The van der Waals surface area contributed by atoms with Crippen LogP contribution in [0.3, 0.4) is 0 Å². The van der Waals surface area contributed by atoms with Crippen LogP contribution < -0.4 is 0 Å². The summed E-state index contributed by atoms with van der Waals surface area (Å²) < 4.78 is 5.23. The first-order valence-electron chi connectivity index (χ1n) is 5.78. The zero-order chi connectivity index (χ0) is 11.9. The van der Waals surface area contributed by atoms with E-state index in [9.17, 15) is 0 Å². The van der Waals surface area contributed by atoms with Crippen LogP contribution in [0.25, 0.3) is 11.0 Å². The Morgan fingerprint density at radius 1 is 1.19 bits per heavy atom. The summed E-state index contributed by atoms with van der Waals surface area (Å²) in [7, 11) is 0. The molecule has 0 fully saturated rings. The molecule has 0 unspecified atom stereocenters. The number of benzene rings is 1. The number of fused-ring (bicyclic) bond motifs is 1. The van der Waals surface area contributed by atoms with Crippen LogP contribution >= 0.6 is 0 Å². The van der Waals surface area contributed by atoms with Crippen LogP contribution in [0.1, 0.15) is 51.7 Å². The van der Waals surface area contributed by atoms with Crippen LogP contribution in [0.15, 0.2) is 22.9 Å². The monoisotopic (exact) mass is 217 g/mol. The van der Waals surface area contributed by atoms with Crippen molar-refractivity contribution >= 4 is 11.0 Å². The SMILES string of the molecule is CC(C)c1cc2oncc2cc1C(C)(C)C. The molecular formula is C14H19NO. The molecule has 0 atom stereocenters. The predicted molar refractivity (Wildman–Crippen MR) is 66.8 cm³/mol. The van der Waals surface area contributed by atoms with Gasteiger partial charge in [0.1, 0.15) is 0 Å². The van der Waals surface area contributed by atoms with E-state index in [0.717, 1.165) is 11.0 Å². The molecule has 0 saturated heterocycles. The lowest BCUT2D eigenvalue weighted by Gasteiger charge is -2.24. The summed E-state index contributed by atoms with van der Waals surface area (Å²) in [6.07, 6.45) is 1.79. The van der Waals surface area contributed by atoms with Gasteiger partial charge in [-0.1, -0.05) is 39.8 Å². The molecule has 1 aromatic carbocycles. The third-order valence-electron chi connectivity index (χ3n) is 2.95. The summed E-state index contributed by atoms with van der Waals surface area (Å²) >= 11 is 0. The highest BCUT2D eigenvalue weighted by Crippen LogP contribution is 2.33. The van der Waals surface area contributed by atoms with E-state index in [1.807, 2.05) is 0 Å². The minimum atomic E-state index is 0.158. The molecule has 0 aliphatic rings. The van der Waals surface area contributed by atoms with Gasteiger partial charge in [-0.05, 0) is 34.6 Å². The van der Waals surface area contributed by atoms with Gasteiger partial charge in [0.15, 0.2) is 5.58 Å². The number of rotatable bonds is 1. The molecule has 0 bridgehead atoms. The predicted octanol–water partition coefficient (Wildman–Crippen LogP) is 4.25. The van der Waals surface area contributed by atoms with Crippen molar-refractivity contribution in [3.05, 3.63) is 29.5 Å². The van der Waals surface area contributed by atoms with Gasteiger partial charge in [0.25, 0.3) is 0 Å². The smallest absolute Gasteiger partial charge is 0.167 e. The van der Waals surface area contributed by atoms with Crippen molar-refractivity contribution in [1.29, 1.82) is 0 Å². The summed E-state index contributed by atoms with van der Waals surface area (Å²) in [6.45, 7) is 11.2. The average molecular weight is 217 g/mol. The van der Waals surface area contributed by atoms with Gasteiger partial charge in [0.2, 0.25) is 0 Å². The normalized spacial score (nSPS) is 12.6. The van der Waals surface area contributed by atoms with Crippen molar-refractivity contribution in [2.24, 2.45) is 0 Å². The third kappa shape index (κ3) is 1.84. The van der Waals surface area contributed by atoms with Crippen molar-refractivity contribution in [2.75, 3.05) is 0 Å². The Bertz CT molecular complexity index is 503. The lowest BCUT2D eigenvalue weighted by Crippen LogP contribution is -2.14. The zero-order valence-electron chi connectivity index (χ0n) is 10.7. The topological polar surface area (TPSA) is 26.0 Å². The van der Waals surface area contributed by atoms with Crippen molar-refractivity contribution in [3.63, 3.8) is 0 Å². The first-order chi connectivity index (χ1) is 7.39. The van der Waals surface area contributed by atoms with Crippen molar-refractivity contribution in [2.45, 2.75) is 46.0 Å². The number of nitrogens with zero attached hydrogens (tertiary/aromatic N) is 1. The Kier molecular flexibility index (Phi) is 2.53. The molecule has 1 heterocycles. The quantitative estimate of drug-likeness (QED) is 0.713. The number of hydrogen-bond acceptors (Lipinski definition) is 2. The van der Waals surface area contributed by atoms with Crippen LogP contribution in [0.2, 0.25) is 0 Å². The first-order valence-corrected chi connectivity index (χ1v) is 5.78. The van der Waals surface area contributed by atoms with Crippen LogP contribution in [-0.4, -0.2) is 5.16 Å². The number of hydrogen-bond donors (Lipinski definition) is 0. The fourth-order valence-electron chi connectivity index (χ4n) is 2.06. The second-order valence-corrected chi connectivity index (χ2v) is 5.71. The van der Waals surface area contributed by atoms with Crippen molar-refractivity contribution in [1.82, 2.24) is 5.16 Å². The zero-order valence-corrected chi connectivity index (χ0v) is 10.7. The molecule has 86 valence electrons. The molecule has 2 heteroatoms. The molecule has 1 aromatic heterocycles. The lowest BCUT2D eigenvalue weighted by atomic mass is 9.80. The van der Waals surface area contributed by atoms with Gasteiger partial charge >= 0.3 is 0 Å². The van der Waals surface area contributed by atoms with Gasteiger partial charge in [0.05, 0.1) is 6.20 Å². The van der Waals surface area contributed by atoms with E-state index >= 15 is 0 Å². The summed E-state index contributed by atoms with van der Waals surface area (Å²) in [5.41, 5.74) is 3.79. The van der Waals surface area contributed by atoms with E-state index in [-0.39, 0.29) is 5.41 Å². The Balaban J connectivity index is 2.72. The molecule has 0 radical (unpaired) electrons. The van der Waals surface area contributed by atoms with E-state index in [4.69, 9.17) is 4.52 Å². The molecule has 0 amide bonds. The van der Waals surface area contributed by atoms with E-state index in [2.05, 4.69) is 51.9 Å². The molecule has 2 rings (SSSR count). The molecule has 2 nitrogen and oxygen atoms in total. The molecule has 2 aromatic rings. The molecule has 16 heavy (non-hydrogen) atoms. The van der Waals surface area contributed by atoms with E-state index in [1.165, 1.54) is 11.1 Å². The van der Waals surface area contributed by atoms with E-state index < -0.39 is 0 Å². The van der Waals surface area contributed by atoms with E-state index in [0.29, 0.717) is 5.92 Å². The van der Waals surface area contributed by atoms with Gasteiger partial charge < -0.3 is 4.52 Å². The fourth-order valence-corrected chi connectivity index (χ4v) is 2.06. The van der Waals surface area contributed by atoms with Crippen molar-refractivity contribution in [3.8, 4) is 0 Å². The Morgan fingerprint density at radius 3 is 2.44 bits per heavy atom. The minimum Gasteiger partial charge on any atom is -0.356 e. The summed E-state index contributed by atoms with van der Waals surface area (Å²) in [5, 5.41) is 4.94. The Hall–Kier alpha value is -1.31. The summed E-state index contributed by atoms with van der Waals surface area (Å²) in [4.78, 5) is 0. The van der Waals surface area contributed by atoms with Gasteiger partial charge in [-0.3, -0.25) is 0 Å². The molecular weight excluding hydrogens is 198 g/mol. The van der Waals surface area contributed by atoms with Gasteiger partial charge in [-0.15, -0.1) is 0 Å². The molecule has 0 aliphatic carbocycles. The standard InChI is InChI=1S/C14H19NO/c1-9(2)11-7-13-10(8-15-16-13)6-12(11)14(3,4)5/h6-9H,1-5H3. The Labute approximate surface area is 96.6 Å². The van der Waals surface area contributed by atoms with Crippen LogP contribution in [0, 0.1) is 0 Å². The summed E-state index contributed by atoms with van der Waals surface area (Å²) in [5.74, 6) is 0.503. The maximum absolute atomic E-state index is 5.23. The minimum absolute atomic E-state index is 0.158. The molecule has 0 aliphatic heterocycles.